The zero-order valence-corrected chi connectivity index (χ0v) is 17.9. The lowest BCUT2D eigenvalue weighted by Gasteiger charge is -2.37. The third kappa shape index (κ3) is 3.27. The number of rotatable bonds is 4. The first-order valence-corrected chi connectivity index (χ1v) is 12.0. The van der Waals surface area contributed by atoms with Crippen LogP contribution in [0, 0.1) is 5.41 Å². The third-order valence-corrected chi connectivity index (χ3v) is 8.17. The highest BCUT2D eigenvalue weighted by Gasteiger charge is 2.65. The van der Waals surface area contributed by atoms with Gasteiger partial charge in [-0.05, 0) is 90.7 Å². The first-order valence-electron chi connectivity index (χ1n) is 12.0. The van der Waals surface area contributed by atoms with Crippen LogP contribution in [0.1, 0.15) is 79.2 Å². The molecule has 2 heterocycles. The van der Waals surface area contributed by atoms with Gasteiger partial charge in [-0.15, -0.1) is 0 Å². The molecule has 4 heteroatoms. The summed E-state index contributed by atoms with van der Waals surface area (Å²) < 4.78 is 18.1. The van der Waals surface area contributed by atoms with Crippen LogP contribution in [0.2, 0.25) is 0 Å². The van der Waals surface area contributed by atoms with Gasteiger partial charge in [-0.3, -0.25) is 0 Å². The van der Waals surface area contributed by atoms with Gasteiger partial charge in [0.15, 0.2) is 11.5 Å². The first kappa shape index (κ1) is 18.5. The van der Waals surface area contributed by atoms with Gasteiger partial charge in [0, 0.05) is 6.42 Å². The Bertz CT molecular complexity index is 1040. The van der Waals surface area contributed by atoms with Crippen LogP contribution in [-0.4, -0.2) is 30.0 Å². The average molecular weight is 419 g/mol. The van der Waals surface area contributed by atoms with Gasteiger partial charge in [-0.1, -0.05) is 24.3 Å². The van der Waals surface area contributed by atoms with E-state index in [4.69, 9.17) is 14.2 Å². The minimum absolute atomic E-state index is 0.112. The summed E-state index contributed by atoms with van der Waals surface area (Å²) in [6, 6.07) is 13.4. The van der Waals surface area contributed by atoms with Gasteiger partial charge in [0.1, 0.15) is 13.2 Å². The third-order valence-electron chi connectivity index (χ3n) is 8.17. The summed E-state index contributed by atoms with van der Waals surface area (Å²) in [6.07, 6.45) is 8.92. The van der Waals surface area contributed by atoms with Crippen molar-refractivity contribution in [3.63, 3.8) is 0 Å². The van der Waals surface area contributed by atoms with Crippen molar-refractivity contribution in [1.29, 1.82) is 0 Å². The lowest BCUT2D eigenvalue weighted by molar-refractivity contribution is -0.115. The Morgan fingerprint density at radius 1 is 0.935 bits per heavy atom. The van der Waals surface area contributed by atoms with Crippen molar-refractivity contribution < 1.29 is 19.3 Å². The van der Waals surface area contributed by atoms with Crippen LogP contribution in [0.25, 0.3) is 0 Å². The standard InChI is InChI=1S/C27H30O4/c28-25-15-27(25)16-26(7-8-26)14-24(31-27)19-4-5-21(18-2-3-18)20(13-19)11-17-1-6-22-23(12-17)30-10-9-29-22/h1,4-6,12-13,18,24-25,28H,2-3,7-11,14-16H2/t24-,25-,27?/m1/s1. The normalized spacial score (nSPS) is 32.3. The second kappa shape index (κ2) is 6.49. The molecule has 7 rings (SSSR count). The lowest BCUT2D eigenvalue weighted by atomic mass is 9.83. The van der Waals surface area contributed by atoms with Gasteiger partial charge >= 0.3 is 0 Å². The minimum atomic E-state index is -0.268. The van der Waals surface area contributed by atoms with Crippen molar-refractivity contribution in [2.45, 2.75) is 75.1 Å². The van der Waals surface area contributed by atoms with Crippen LogP contribution in [0.4, 0.5) is 0 Å². The SMILES string of the molecule is O[C@@H]1CC12CC1(CC1)C[C@H](c1ccc(C3CC3)c(Cc3ccc4c(c3)OCCO4)c1)O2. The van der Waals surface area contributed by atoms with E-state index in [9.17, 15) is 5.11 Å². The van der Waals surface area contributed by atoms with E-state index in [1.54, 1.807) is 0 Å². The van der Waals surface area contributed by atoms with Crippen molar-refractivity contribution in [1.82, 2.24) is 0 Å². The van der Waals surface area contributed by atoms with Gasteiger partial charge in [-0.2, -0.15) is 0 Å². The second-order valence-corrected chi connectivity index (χ2v) is 10.7. The molecule has 0 aromatic heterocycles. The van der Waals surface area contributed by atoms with E-state index >= 15 is 0 Å². The van der Waals surface area contributed by atoms with E-state index in [0.717, 1.165) is 37.2 Å². The molecule has 2 aromatic rings. The largest absolute Gasteiger partial charge is 0.486 e. The van der Waals surface area contributed by atoms with Crippen LogP contribution in [0.3, 0.4) is 0 Å². The molecule has 4 nitrogen and oxygen atoms in total. The molecular formula is C27H30O4. The summed E-state index contributed by atoms with van der Waals surface area (Å²) in [4.78, 5) is 0. The molecule has 162 valence electrons. The Morgan fingerprint density at radius 2 is 1.74 bits per heavy atom. The lowest BCUT2D eigenvalue weighted by Crippen LogP contribution is -2.33. The van der Waals surface area contributed by atoms with E-state index in [-0.39, 0.29) is 17.8 Å². The molecule has 2 aromatic carbocycles. The monoisotopic (exact) mass is 418 g/mol. The number of aliphatic hydroxyl groups is 1. The predicted molar refractivity (Wildman–Crippen MR) is 117 cm³/mol. The van der Waals surface area contributed by atoms with Crippen molar-refractivity contribution in [3.05, 3.63) is 58.7 Å². The van der Waals surface area contributed by atoms with Crippen LogP contribution in [-0.2, 0) is 11.2 Å². The fraction of sp³-hybridized carbons (Fsp3) is 0.556. The summed E-state index contributed by atoms with van der Waals surface area (Å²) in [5.41, 5.74) is 5.63. The quantitative estimate of drug-likeness (QED) is 0.754. The first-order chi connectivity index (χ1) is 15.1. The fourth-order valence-corrected chi connectivity index (χ4v) is 5.98. The molecule has 2 aliphatic heterocycles. The molecule has 1 N–H and O–H groups in total. The molecule has 0 amide bonds. The maximum atomic E-state index is 10.3. The predicted octanol–water partition coefficient (Wildman–Crippen LogP) is 5.06. The van der Waals surface area contributed by atoms with Gasteiger partial charge in [0.05, 0.1) is 17.8 Å². The Hall–Kier alpha value is -2.04. The molecule has 4 fully saturated rings. The Balaban J connectivity index is 1.20. The molecule has 1 unspecified atom stereocenters. The molecular weight excluding hydrogens is 388 g/mol. The van der Waals surface area contributed by atoms with Crippen LogP contribution in [0.15, 0.2) is 36.4 Å². The molecule has 5 aliphatic rings. The minimum Gasteiger partial charge on any atom is -0.486 e. The zero-order valence-electron chi connectivity index (χ0n) is 17.9. The Kier molecular flexibility index (Phi) is 3.88. The molecule has 31 heavy (non-hydrogen) atoms. The van der Waals surface area contributed by atoms with E-state index < -0.39 is 0 Å². The highest BCUT2D eigenvalue weighted by atomic mass is 16.6. The molecule has 1 saturated heterocycles. The number of hydrogen-bond donors (Lipinski definition) is 1. The van der Waals surface area contributed by atoms with Crippen molar-refractivity contribution in [2.24, 2.45) is 5.41 Å². The van der Waals surface area contributed by atoms with Gasteiger partial charge in [0.2, 0.25) is 0 Å². The van der Waals surface area contributed by atoms with E-state index in [2.05, 4.69) is 30.3 Å². The number of benzene rings is 2. The summed E-state index contributed by atoms with van der Waals surface area (Å²) in [6.45, 7) is 1.24. The number of aliphatic hydroxyl groups excluding tert-OH is 1. The van der Waals surface area contributed by atoms with Crippen molar-refractivity contribution >= 4 is 0 Å². The fourth-order valence-electron chi connectivity index (χ4n) is 5.98. The Labute approximate surface area is 183 Å². The van der Waals surface area contributed by atoms with Gasteiger partial charge in [0.25, 0.3) is 0 Å². The molecule has 2 spiro atoms. The maximum absolute atomic E-state index is 10.3. The highest BCUT2D eigenvalue weighted by Crippen LogP contribution is 2.66. The Morgan fingerprint density at radius 3 is 2.48 bits per heavy atom. The smallest absolute Gasteiger partial charge is 0.161 e. The number of fused-ring (bicyclic) bond motifs is 1. The number of hydrogen-bond acceptors (Lipinski definition) is 4. The molecule has 3 saturated carbocycles. The summed E-state index contributed by atoms with van der Waals surface area (Å²) in [5, 5.41) is 10.3. The molecule has 3 aliphatic carbocycles. The van der Waals surface area contributed by atoms with Crippen LogP contribution >= 0.6 is 0 Å². The second-order valence-electron chi connectivity index (χ2n) is 10.7. The summed E-state index contributed by atoms with van der Waals surface area (Å²) in [7, 11) is 0. The average Bonchev–Trinajstić information content (AvgIpc) is 3.70. The van der Waals surface area contributed by atoms with Crippen molar-refractivity contribution in [3.8, 4) is 11.5 Å². The van der Waals surface area contributed by atoms with Crippen LogP contribution in [0.5, 0.6) is 11.5 Å². The zero-order chi connectivity index (χ0) is 20.6. The van der Waals surface area contributed by atoms with Crippen molar-refractivity contribution in [2.75, 3.05) is 13.2 Å². The molecule has 0 radical (unpaired) electrons. The molecule has 0 bridgehead atoms. The van der Waals surface area contributed by atoms with E-state index in [1.807, 2.05) is 6.07 Å². The molecule has 3 atom stereocenters. The van der Waals surface area contributed by atoms with Gasteiger partial charge < -0.3 is 19.3 Å². The van der Waals surface area contributed by atoms with Crippen LogP contribution < -0.4 is 9.47 Å². The maximum Gasteiger partial charge on any atom is 0.161 e. The summed E-state index contributed by atoms with van der Waals surface area (Å²) in [5.74, 6) is 2.42. The highest BCUT2D eigenvalue weighted by molar-refractivity contribution is 5.47. The van der Waals surface area contributed by atoms with Gasteiger partial charge in [-0.25, -0.2) is 0 Å². The van der Waals surface area contributed by atoms with E-state index in [0.29, 0.717) is 24.5 Å². The summed E-state index contributed by atoms with van der Waals surface area (Å²) >= 11 is 0. The van der Waals surface area contributed by atoms with E-state index in [1.165, 1.54) is 47.9 Å². The number of ether oxygens (including phenoxy) is 3. The topological polar surface area (TPSA) is 47.9 Å².